The van der Waals surface area contributed by atoms with Crippen LogP contribution in [0.4, 0.5) is 0 Å². The number of carbonyl (C=O) groups is 1. The minimum absolute atomic E-state index is 0.132. The summed E-state index contributed by atoms with van der Waals surface area (Å²) in [5, 5.41) is 0. The van der Waals surface area contributed by atoms with Gasteiger partial charge in [0.15, 0.2) is 0 Å². The third kappa shape index (κ3) is 4.02. The van der Waals surface area contributed by atoms with E-state index in [2.05, 4.69) is 0 Å². The lowest BCUT2D eigenvalue weighted by Crippen LogP contribution is -2.48. The zero-order valence-electron chi connectivity index (χ0n) is 17.0. The first-order chi connectivity index (χ1) is 14.0. The Labute approximate surface area is 173 Å². The van der Waals surface area contributed by atoms with E-state index < -0.39 is 10.0 Å². The SMILES string of the molecule is COCCN1[C@H]2CCN(C(=O)C3CCCC3)CC[C@@H]2Oc2ccccc2S1(=O)=O. The fourth-order valence-electron chi connectivity index (χ4n) is 4.88. The van der Waals surface area contributed by atoms with Gasteiger partial charge in [0.05, 0.1) is 12.6 Å². The lowest BCUT2D eigenvalue weighted by Gasteiger charge is -2.31. The zero-order valence-corrected chi connectivity index (χ0v) is 17.8. The number of para-hydroxylation sites is 1. The lowest BCUT2D eigenvalue weighted by molar-refractivity contribution is -0.135. The van der Waals surface area contributed by atoms with Crippen LogP contribution >= 0.6 is 0 Å². The van der Waals surface area contributed by atoms with E-state index in [1.807, 2.05) is 4.90 Å². The van der Waals surface area contributed by atoms with Gasteiger partial charge in [0.2, 0.25) is 15.9 Å². The van der Waals surface area contributed by atoms with Crippen LogP contribution in [0.3, 0.4) is 0 Å². The number of carbonyl (C=O) groups excluding carboxylic acids is 1. The molecule has 1 amide bonds. The van der Waals surface area contributed by atoms with Crippen LogP contribution in [0.15, 0.2) is 29.2 Å². The summed E-state index contributed by atoms with van der Waals surface area (Å²) in [5.41, 5.74) is 0. The predicted molar refractivity (Wildman–Crippen MR) is 108 cm³/mol. The number of nitrogens with zero attached hydrogens (tertiary/aromatic N) is 2. The van der Waals surface area contributed by atoms with Crippen LogP contribution in [0.5, 0.6) is 5.75 Å². The minimum Gasteiger partial charge on any atom is -0.487 e. The van der Waals surface area contributed by atoms with Gasteiger partial charge in [-0.05, 0) is 31.4 Å². The van der Waals surface area contributed by atoms with Gasteiger partial charge in [-0.1, -0.05) is 25.0 Å². The first-order valence-electron chi connectivity index (χ1n) is 10.6. The third-order valence-electron chi connectivity index (χ3n) is 6.42. The number of amides is 1. The van der Waals surface area contributed by atoms with Gasteiger partial charge < -0.3 is 14.4 Å². The van der Waals surface area contributed by atoms with Gasteiger partial charge in [0.1, 0.15) is 16.7 Å². The van der Waals surface area contributed by atoms with E-state index in [0.717, 1.165) is 25.7 Å². The highest BCUT2D eigenvalue weighted by atomic mass is 32.2. The van der Waals surface area contributed by atoms with Crippen LogP contribution < -0.4 is 4.74 Å². The molecule has 2 aliphatic heterocycles. The first kappa shape index (κ1) is 20.6. The molecule has 4 rings (SSSR count). The number of methoxy groups -OCH3 is 1. The molecular weight excluding hydrogens is 392 g/mol. The molecule has 160 valence electrons. The summed E-state index contributed by atoms with van der Waals surface area (Å²) in [6.07, 6.45) is 5.10. The molecule has 0 aromatic heterocycles. The maximum Gasteiger partial charge on any atom is 0.247 e. The highest BCUT2D eigenvalue weighted by molar-refractivity contribution is 7.89. The molecule has 2 fully saturated rings. The fourth-order valence-corrected chi connectivity index (χ4v) is 6.66. The molecule has 2 atom stereocenters. The van der Waals surface area contributed by atoms with Gasteiger partial charge in [-0.25, -0.2) is 8.42 Å². The van der Waals surface area contributed by atoms with Crippen molar-refractivity contribution < 1.29 is 22.7 Å². The summed E-state index contributed by atoms with van der Waals surface area (Å²) < 4.78 is 39.8. The molecular formula is C21H30N2O5S. The zero-order chi connectivity index (χ0) is 20.4. The normalized spacial score (nSPS) is 27.4. The molecule has 8 heteroatoms. The van der Waals surface area contributed by atoms with Gasteiger partial charge in [-0.15, -0.1) is 0 Å². The molecule has 3 aliphatic rings. The third-order valence-corrected chi connectivity index (χ3v) is 8.39. The van der Waals surface area contributed by atoms with Crippen LogP contribution in [0.2, 0.25) is 0 Å². The van der Waals surface area contributed by atoms with E-state index in [-0.39, 0.29) is 35.4 Å². The van der Waals surface area contributed by atoms with Crippen LogP contribution in [-0.4, -0.2) is 69.0 Å². The Morgan fingerprint density at radius 3 is 2.62 bits per heavy atom. The summed E-state index contributed by atoms with van der Waals surface area (Å²) in [6.45, 7) is 1.76. The van der Waals surface area contributed by atoms with Crippen LogP contribution in [0.1, 0.15) is 38.5 Å². The van der Waals surface area contributed by atoms with Crippen molar-refractivity contribution in [3.63, 3.8) is 0 Å². The number of hydrogen-bond acceptors (Lipinski definition) is 5. The number of fused-ring (bicyclic) bond motifs is 2. The molecule has 1 saturated carbocycles. The molecule has 0 bridgehead atoms. The molecule has 0 spiro atoms. The monoisotopic (exact) mass is 422 g/mol. The number of sulfonamides is 1. The molecule has 0 N–H and O–H groups in total. The number of likely N-dealkylation sites (tertiary alicyclic amines) is 1. The van der Waals surface area contributed by atoms with Crippen molar-refractivity contribution >= 4 is 15.9 Å². The average molecular weight is 423 g/mol. The Kier molecular flexibility index (Phi) is 6.13. The summed E-state index contributed by atoms with van der Waals surface area (Å²) in [7, 11) is -2.14. The van der Waals surface area contributed by atoms with Crippen molar-refractivity contribution in [3.05, 3.63) is 24.3 Å². The van der Waals surface area contributed by atoms with E-state index in [0.29, 0.717) is 38.3 Å². The molecule has 1 saturated heterocycles. The Morgan fingerprint density at radius 2 is 1.86 bits per heavy atom. The van der Waals surface area contributed by atoms with Crippen LogP contribution in [-0.2, 0) is 19.6 Å². The fraction of sp³-hybridized carbons (Fsp3) is 0.667. The van der Waals surface area contributed by atoms with Crippen molar-refractivity contribution in [3.8, 4) is 5.75 Å². The first-order valence-corrected chi connectivity index (χ1v) is 12.0. The van der Waals surface area contributed by atoms with Crippen molar-refractivity contribution in [2.24, 2.45) is 5.92 Å². The predicted octanol–water partition coefficient (Wildman–Crippen LogP) is 2.27. The van der Waals surface area contributed by atoms with Crippen molar-refractivity contribution in [1.29, 1.82) is 0 Å². The quantitative estimate of drug-likeness (QED) is 0.744. The Bertz CT molecular complexity index is 837. The summed E-state index contributed by atoms with van der Waals surface area (Å²) in [5.74, 6) is 0.761. The maximum absolute atomic E-state index is 13.4. The smallest absolute Gasteiger partial charge is 0.247 e. The average Bonchev–Trinajstić information content (AvgIpc) is 3.15. The molecule has 0 unspecified atom stereocenters. The second-order valence-corrected chi connectivity index (χ2v) is 10.0. The summed E-state index contributed by atoms with van der Waals surface area (Å²) in [4.78, 5) is 15.1. The van der Waals surface area contributed by atoms with Crippen molar-refractivity contribution in [2.45, 2.75) is 55.6 Å². The summed E-state index contributed by atoms with van der Waals surface area (Å²) in [6, 6.07) is 6.52. The molecule has 0 radical (unpaired) electrons. The van der Waals surface area contributed by atoms with Gasteiger partial charge in [0, 0.05) is 39.1 Å². The van der Waals surface area contributed by atoms with E-state index >= 15 is 0 Å². The lowest BCUT2D eigenvalue weighted by atomic mass is 10.1. The Balaban J connectivity index is 1.62. The van der Waals surface area contributed by atoms with Crippen molar-refractivity contribution in [1.82, 2.24) is 9.21 Å². The van der Waals surface area contributed by atoms with Gasteiger partial charge in [-0.3, -0.25) is 4.79 Å². The van der Waals surface area contributed by atoms with Gasteiger partial charge in [0.25, 0.3) is 0 Å². The Hall–Kier alpha value is -1.64. The molecule has 29 heavy (non-hydrogen) atoms. The second-order valence-electron chi connectivity index (χ2n) is 8.16. The minimum atomic E-state index is -3.71. The van der Waals surface area contributed by atoms with E-state index in [1.54, 1.807) is 31.4 Å². The highest BCUT2D eigenvalue weighted by Gasteiger charge is 2.43. The number of hydrogen-bond donors (Lipinski definition) is 0. The van der Waals surface area contributed by atoms with Gasteiger partial charge in [-0.2, -0.15) is 4.31 Å². The standard InChI is InChI=1S/C21H30N2O5S/c1-27-15-14-23-17-10-12-22(21(24)16-6-2-3-7-16)13-11-18(17)28-19-8-4-5-9-20(19)29(23,25)26/h4-5,8-9,16-18H,2-3,6-7,10-15H2,1H3/t17-,18-/m0/s1. The largest absolute Gasteiger partial charge is 0.487 e. The molecule has 1 aromatic carbocycles. The Morgan fingerprint density at radius 1 is 1.14 bits per heavy atom. The molecule has 1 aliphatic carbocycles. The number of rotatable bonds is 4. The van der Waals surface area contributed by atoms with E-state index in [1.165, 1.54) is 4.31 Å². The van der Waals surface area contributed by atoms with E-state index in [9.17, 15) is 13.2 Å². The highest BCUT2D eigenvalue weighted by Crippen LogP contribution is 2.36. The molecule has 2 heterocycles. The number of ether oxygens (including phenoxy) is 2. The topological polar surface area (TPSA) is 76.2 Å². The second kappa shape index (κ2) is 8.62. The van der Waals surface area contributed by atoms with E-state index in [4.69, 9.17) is 9.47 Å². The summed E-state index contributed by atoms with van der Waals surface area (Å²) >= 11 is 0. The number of benzene rings is 1. The maximum atomic E-state index is 13.4. The molecule has 7 nitrogen and oxygen atoms in total. The van der Waals surface area contributed by atoms with Gasteiger partial charge >= 0.3 is 0 Å². The van der Waals surface area contributed by atoms with Crippen molar-refractivity contribution in [2.75, 3.05) is 33.4 Å². The van der Waals surface area contributed by atoms with Crippen LogP contribution in [0.25, 0.3) is 0 Å². The van der Waals surface area contributed by atoms with Crippen LogP contribution in [0, 0.1) is 5.92 Å². The molecule has 1 aromatic rings.